The molecule has 3 heterocycles. The van der Waals surface area contributed by atoms with Crippen molar-refractivity contribution in [2.24, 2.45) is 0 Å². The lowest BCUT2D eigenvalue weighted by Crippen LogP contribution is -2.25. The molecule has 0 aliphatic carbocycles. The van der Waals surface area contributed by atoms with Crippen molar-refractivity contribution in [3.8, 4) is 34.5 Å². The number of hydrogen-bond acceptors (Lipinski definition) is 8. The second-order valence-electron chi connectivity index (χ2n) is 8.02. The maximum Gasteiger partial charge on any atom is 0.272 e. The number of ether oxygens (including phenoxy) is 3. The summed E-state index contributed by atoms with van der Waals surface area (Å²) in [6.07, 6.45) is 1.82. The van der Waals surface area contributed by atoms with Gasteiger partial charge in [0.1, 0.15) is 11.6 Å². The minimum Gasteiger partial charge on any atom is -0.497 e. The summed E-state index contributed by atoms with van der Waals surface area (Å²) >= 11 is 0. The molecule has 0 unspecified atom stereocenters. The van der Waals surface area contributed by atoms with Crippen LogP contribution in [0.1, 0.15) is 29.2 Å². The summed E-state index contributed by atoms with van der Waals surface area (Å²) in [6.45, 7) is 1.90. The number of hydrogen-bond donors (Lipinski definition) is 1. The summed E-state index contributed by atoms with van der Waals surface area (Å²) < 4.78 is 17.9. The average molecular weight is 473 g/mol. The van der Waals surface area contributed by atoms with Gasteiger partial charge in [-0.2, -0.15) is 14.9 Å². The Morgan fingerprint density at radius 1 is 1.03 bits per heavy atom. The molecule has 0 radical (unpaired) electrons. The van der Waals surface area contributed by atoms with Gasteiger partial charge in [-0.05, 0) is 37.3 Å². The highest BCUT2D eigenvalue weighted by Gasteiger charge is 2.35. The van der Waals surface area contributed by atoms with E-state index in [-0.39, 0.29) is 24.2 Å². The Hall–Kier alpha value is -4.47. The van der Waals surface area contributed by atoms with Crippen molar-refractivity contribution >= 4 is 11.7 Å². The number of amides is 1. The quantitative estimate of drug-likeness (QED) is 0.453. The maximum absolute atomic E-state index is 12.8. The molecule has 0 saturated heterocycles. The fourth-order valence-corrected chi connectivity index (χ4v) is 4.43. The number of anilines is 1. The number of para-hydroxylation sites is 1. The van der Waals surface area contributed by atoms with Crippen molar-refractivity contribution in [1.82, 2.24) is 25.0 Å². The first kappa shape index (κ1) is 22.3. The Balaban J connectivity index is 1.61. The van der Waals surface area contributed by atoms with Gasteiger partial charge in [0.05, 0.1) is 38.9 Å². The van der Waals surface area contributed by atoms with Crippen LogP contribution in [0.15, 0.2) is 48.7 Å². The first-order valence-corrected chi connectivity index (χ1v) is 11.0. The van der Waals surface area contributed by atoms with Crippen LogP contribution in [0.3, 0.4) is 0 Å². The molecule has 0 spiro atoms. The van der Waals surface area contributed by atoms with Crippen molar-refractivity contribution in [1.29, 1.82) is 0 Å². The summed E-state index contributed by atoms with van der Waals surface area (Å²) in [4.78, 5) is 17.5. The largest absolute Gasteiger partial charge is 0.497 e. The Kier molecular flexibility index (Phi) is 5.77. The highest BCUT2D eigenvalue weighted by molar-refractivity contribution is 5.95. The molecule has 10 nitrogen and oxygen atoms in total. The summed E-state index contributed by atoms with van der Waals surface area (Å²) in [5, 5.41) is 16.0. The van der Waals surface area contributed by atoms with Crippen LogP contribution in [0.25, 0.3) is 17.2 Å². The number of nitrogens with zero attached hydrogens (tertiary/aromatic N) is 5. The Morgan fingerprint density at radius 2 is 1.83 bits per heavy atom. The van der Waals surface area contributed by atoms with Crippen molar-refractivity contribution in [3.63, 3.8) is 0 Å². The van der Waals surface area contributed by atoms with Gasteiger partial charge in [-0.1, -0.05) is 12.1 Å². The molecule has 1 amide bonds. The SMILES string of the molecule is COc1ccc(-c2cnnc(-n3nc(C)c4c3NC(=O)C[C@@H]4c3cccc(OC)c3OC)n2)cc1. The van der Waals surface area contributed by atoms with E-state index in [0.29, 0.717) is 23.0 Å². The molecule has 2 aromatic heterocycles. The molecular weight excluding hydrogens is 448 g/mol. The van der Waals surface area contributed by atoms with Gasteiger partial charge in [-0.25, -0.2) is 4.98 Å². The molecule has 0 fully saturated rings. The lowest BCUT2D eigenvalue weighted by molar-refractivity contribution is -0.116. The van der Waals surface area contributed by atoms with Crippen LogP contribution >= 0.6 is 0 Å². The third-order valence-corrected chi connectivity index (χ3v) is 6.03. The van der Waals surface area contributed by atoms with Crippen LogP contribution in [0, 0.1) is 6.92 Å². The molecule has 35 heavy (non-hydrogen) atoms. The van der Waals surface area contributed by atoms with E-state index in [1.165, 1.54) is 4.68 Å². The van der Waals surface area contributed by atoms with Gasteiger partial charge in [0.25, 0.3) is 5.95 Å². The van der Waals surface area contributed by atoms with Gasteiger partial charge in [0.15, 0.2) is 11.5 Å². The van der Waals surface area contributed by atoms with E-state index in [4.69, 9.17) is 14.2 Å². The van der Waals surface area contributed by atoms with Crippen molar-refractivity contribution in [2.75, 3.05) is 26.6 Å². The van der Waals surface area contributed by atoms with Crippen molar-refractivity contribution < 1.29 is 19.0 Å². The molecule has 1 aliphatic heterocycles. The van der Waals surface area contributed by atoms with Gasteiger partial charge in [-0.15, -0.1) is 5.10 Å². The van der Waals surface area contributed by atoms with Gasteiger partial charge >= 0.3 is 0 Å². The molecule has 2 aromatic carbocycles. The molecule has 1 atom stereocenters. The highest BCUT2D eigenvalue weighted by Crippen LogP contribution is 2.45. The number of fused-ring (bicyclic) bond motifs is 1. The summed E-state index contributed by atoms with van der Waals surface area (Å²) in [5.74, 6) is 2.27. The molecule has 1 N–H and O–H groups in total. The molecule has 0 saturated carbocycles. The molecular formula is C25H24N6O4. The zero-order valence-corrected chi connectivity index (χ0v) is 19.8. The van der Waals surface area contributed by atoms with E-state index in [2.05, 4.69) is 25.6 Å². The number of nitrogens with one attached hydrogen (secondary N) is 1. The Bertz CT molecular complexity index is 1400. The maximum atomic E-state index is 12.8. The molecule has 10 heteroatoms. The third-order valence-electron chi connectivity index (χ3n) is 6.03. The Morgan fingerprint density at radius 3 is 2.54 bits per heavy atom. The predicted molar refractivity (Wildman–Crippen MR) is 128 cm³/mol. The minimum atomic E-state index is -0.282. The van der Waals surface area contributed by atoms with E-state index in [0.717, 1.165) is 28.1 Å². The first-order valence-electron chi connectivity index (χ1n) is 11.0. The number of aromatic nitrogens is 5. The number of aryl methyl sites for hydroxylation is 1. The molecule has 0 bridgehead atoms. The first-order chi connectivity index (χ1) is 17.0. The van der Waals surface area contributed by atoms with Crippen molar-refractivity contribution in [2.45, 2.75) is 19.3 Å². The number of carbonyl (C=O) groups is 1. The van der Waals surface area contributed by atoms with Gasteiger partial charge < -0.3 is 19.5 Å². The van der Waals surface area contributed by atoms with Gasteiger partial charge in [0.2, 0.25) is 5.91 Å². The standard InChI is InChI=1S/C25H24N6O4/c1-14-22-18(17-6-5-7-20(34-3)23(17)35-4)12-21(32)28-24(22)31(30-14)25-27-19(13-26-29-25)15-8-10-16(33-2)11-9-15/h5-11,13,18H,12H2,1-4H3,(H,28,32)/t18-/m1/s1. The smallest absolute Gasteiger partial charge is 0.272 e. The van der Waals surface area contributed by atoms with Crippen molar-refractivity contribution in [3.05, 3.63) is 65.5 Å². The van der Waals surface area contributed by atoms with Crippen LogP contribution < -0.4 is 19.5 Å². The molecule has 178 valence electrons. The predicted octanol–water partition coefficient (Wildman–Crippen LogP) is 3.53. The summed E-state index contributed by atoms with van der Waals surface area (Å²) in [7, 11) is 4.79. The average Bonchev–Trinajstić information content (AvgIpc) is 3.23. The number of methoxy groups -OCH3 is 3. The second-order valence-corrected chi connectivity index (χ2v) is 8.02. The number of benzene rings is 2. The zero-order chi connectivity index (χ0) is 24.5. The van der Waals surface area contributed by atoms with E-state index in [1.54, 1.807) is 27.5 Å². The lowest BCUT2D eigenvalue weighted by atomic mass is 9.85. The zero-order valence-electron chi connectivity index (χ0n) is 19.8. The Labute approximate surface area is 201 Å². The van der Waals surface area contributed by atoms with E-state index < -0.39 is 0 Å². The highest BCUT2D eigenvalue weighted by atomic mass is 16.5. The van der Waals surface area contributed by atoms with Crippen LogP contribution in [0.5, 0.6) is 17.2 Å². The summed E-state index contributed by atoms with van der Waals surface area (Å²) in [6, 6.07) is 13.1. The summed E-state index contributed by atoms with van der Waals surface area (Å²) in [5.41, 5.74) is 3.93. The normalized spacial score (nSPS) is 14.7. The fourth-order valence-electron chi connectivity index (χ4n) is 4.43. The van der Waals surface area contributed by atoms with Crippen LogP contribution in [0.2, 0.25) is 0 Å². The van der Waals surface area contributed by atoms with Crippen LogP contribution in [-0.4, -0.2) is 52.2 Å². The minimum absolute atomic E-state index is 0.146. The number of carbonyl (C=O) groups excluding carboxylic acids is 1. The van der Waals surface area contributed by atoms with Gasteiger partial charge in [-0.3, -0.25) is 4.79 Å². The third kappa shape index (κ3) is 3.92. The van der Waals surface area contributed by atoms with E-state index in [1.807, 2.05) is 49.4 Å². The fraction of sp³-hybridized carbons (Fsp3) is 0.240. The second kappa shape index (κ2) is 9.05. The van der Waals surface area contributed by atoms with E-state index >= 15 is 0 Å². The van der Waals surface area contributed by atoms with E-state index in [9.17, 15) is 4.79 Å². The topological polar surface area (TPSA) is 113 Å². The monoisotopic (exact) mass is 472 g/mol. The lowest BCUT2D eigenvalue weighted by Gasteiger charge is -2.26. The molecule has 1 aliphatic rings. The molecule has 4 aromatic rings. The van der Waals surface area contributed by atoms with Crippen LogP contribution in [0.4, 0.5) is 5.82 Å². The van der Waals surface area contributed by atoms with Crippen LogP contribution in [-0.2, 0) is 4.79 Å². The molecule has 5 rings (SSSR count). The van der Waals surface area contributed by atoms with Gasteiger partial charge in [0, 0.05) is 29.0 Å². The number of rotatable bonds is 6.